The number of methoxy groups -OCH3 is 1. The molecule has 0 saturated heterocycles. The predicted molar refractivity (Wildman–Crippen MR) is 81.2 cm³/mol. The van der Waals surface area contributed by atoms with Crippen LogP contribution in [-0.2, 0) is 0 Å². The van der Waals surface area contributed by atoms with Crippen molar-refractivity contribution in [1.29, 1.82) is 0 Å². The summed E-state index contributed by atoms with van der Waals surface area (Å²) < 4.78 is 4.90. The van der Waals surface area contributed by atoms with Crippen LogP contribution >= 0.6 is 0 Å². The molecule has 0 heterocycles. The number of nitrogens with one attached hydrogen (secondary N) is 1. The van der Waals surface area contributed by atoms with Crippen LogP contribution in [-0.4, -0.2) is 39.7 Å². The minimum atomic E-state index is -0.709. The van der Waals surface area contributed by atoms with E-state index >= 15 is 0 Å². The molecule has 0 aliphatic rings. The summed E-state index contributed by atoms with van der Waals surface area (Å²) in [5, 5.41) is 41.2. The smallest absolute Gasteiger partial charge is 0.271 e. The molecule has 0 radical (unpaired) electrons. The summed E-state index contributed by atoms with van der Waals surface area (Å²) in [6.45, 7) is 0. The molecule has 8 heteroatoms. The number of nitrogens with zero attached hydrogens (tertiary/aromatic N) is 1. The fraction of sp³-hybridized carbons (Fsp3) is 0.0667. The van der Waals surface area contributed by atoms with Crippen molar-refractivity contribution in [3.8, 4) is 28.7 Å². The van der Waals surface area contributed by atoms with E-state index in [-0.39, 0.29) is 11.3 Å². The average molecular weight is 318 g/mol. The molecule has 120 valence electrons. The van der Waals surface area contributed by atoms with Crippen molar-refractivity contribution in [3.63, 3.8) is 0 Å². The van der Waals surface area contributed by atoms with Crippen LogP contribution in [0.4, 0.5) is 0 Å². The zero-order valence-corrected chi connectivity index (χ0v) is 12.0. The van der Waals surface area contributed by atoms with Gasteiger partial charge in [-0.05, 0) is 35.9 Å². The second-order valence-electron chi connectivity index (χ2n) is 4.49. The van der Waals surface area contributed by atoms with E-state index < -0.39 is 23.2 Å². The second-order valence-corrected chi connectivity index (χ2v) is 4.49. The van der Waals surface area contributed by atoms with Gasteiger partial charge in [-0.1, -0.05) is 0 Å². The fourth-order valence-electron chi connectivity index (χ4n) is 1.75. The molecule has 2 aromatic rings. The lowest BCUT2D eigenvalue weighted by Crippen LogP contribution is -2.17. The number of ether oxygens (including phenoxy) is 1. The first-order valence-corrected chi connectivity index (χ1v) is 6.37. The third-order valence-corrected chi connectivity index (χ3v) is 2.91. The van der Waals surface area contributed by atoms with Crippen molar-refractivity contribution in [1.82, 2.24) is 5.43 Å². The van der Waals surface area contributed by atoms with E-state index in [2.05, 4.69) is 10.5 Å². The molecule has 0 fully saturated rings. The zero-order chi connectivity index (χ0) is 17.0. The molecule has 0 aliphatic heterocycles. The lowest BCUT2D eigenvalue weighted by Gasteiger charge is -2.05. The number of carbonyl (C=O) groups is 1. The maximum absolute atomic E-state index is 11.8. The summed E-state index contributed by atoms with van der Waals surface area (Å²) in [6, 6.07) is 6.52. The third kappa shape index (κ3) is 3.62. The Morgan fingerprint density at radius 3 is 2.30 bits per heavy atom. The van der Waals surface area contributed by atoms with Gasteiger partial charge in [0, 0.05) is 5.56 Å². The molecule has 2 aromatic carbocycles. The first-order chi connectivity index (χ1) is 10.9. The maximum Gasteiger partial charge on any atom is 0.271 e. The van der Waals surface area contributed by atoms with Gasteiger partial charge in [-0.3, -0.25) is 4.79 Å². The van der Waals surface area contributed by atoms with Crippen LogP contribution in [0.1, 0.15) is 15.9 Å². The van der Waals surface area contributed by atoms with Crippen molar-refractivity contribution in [2.75, 3.05) is 7.11 Å². The van der Waals surface area contributed by atoms with Gasteiger partial charge in [0.2, 0.25) is 0 Å². The highest BCUT2D eigenvalue weighted by Crippen LogP contribution is 2.35. The first kappa shape index (κ1) is 16.0. The van der Waals surface area contributed by atoms with Crippen molar-refractivity contribution >= 4 is 12.1 Å². The molecule has 8 nitrogen and oxygen atoms in total. The summed E-state index contributed by atoms with van der Waals surface area (Å²) in [7, 11) is 1.42. The molecule has 0 atom stereocenters. The molecule has 0 saturated carbocycles. The zero-order valence-electron chi connectivity index (χ0n) is 12.0. The van der Waals surface area contributed by atoms with Crippen LogP contribution < -0.4 is 10.2 Å². The number of hydrogen-bond donors (Lipinski definition) is 5. The van der Waals surface area contributed by atoms with Gasteiger partial charge in [-0.25, -0.2) is 5.43 Å². The van der Waals surface area contributed by atoms with E-state index in [9.17, 15) is 25.2 Å². The Hall–Kier alpha value is -3.42. The van der Waals surface area contributed by atoms with Crippen LogP contribution in [0.15, 0.2) is 35.4 Å². The van der Waals surface area contributed by atoms with Gasteiger partial charge >= 0.3 is 0 Å². The number of amides is 1. The number of carbonyl (C=O) groups excluding carboxylic acids is 1. The van der Waals surface area contributed by atoms with Crippen molar-refractivity contribution < 1.29 is 30.0 Å². The van der Waals surface area contributed by atoms with E-state index in [1.807, 2.05) is 0 Å². The second kappa shape index (κ2) is 6.56. The Bertz CT molecular complexity index is 750. The largest absolute Gasteiger partial charge is 0.504 e. The highest BCUT2D eigenvalue weighted by Gasteiger charge is 2.12. The van der Waals surface area contributed by atoms with Crippen LogP contribution in [0.2, 0.25) is 0 Å². The molecule has 0 aromatic heterocycles. The Morgan fingerprint density at radius 1 is 1.09 bits per heavy atom. The SMILES string of the molecule is COc1ccc(/C=N/NC(=O)c2cc(O)c(O)c(O)c2)cc1O. The Labute approximate surface area is 130 Å². The molecule has 0 aliphatic carbocycles. The van der Waals surface area contributed by atoms with Gasteiger partial charge in [0.25, 0.3) is 5.91 Å². The molecule has 2 rings (SSSR count). The Kier molecular flexibility index (Phi) is 4.55. The number of aromatic hydroxyl groups is 4. The monoisotopic (exact) mass is 318 g/mol. The highest BCUT2D eigenvalue weighted by molar-refractivity contribution is 5.96. The molecule has 5 N–H and O–H groups in total. The number of phenolic OH excluding ortho intramolecular Hbond substituents is 4. The third-order valence-electron chi connectivity index (χ3n) is 2.91. The van der Waals surface area contributed by atoms with Gasteiger partial charge in [-0.15, -0.1) is 0 Å². The van der Waals surface area contributed by atoms with Crippen LogP contribution in [0.5, 0.6) is 28.7 Å². The van der Waals surface area contributed by atoms with E-state index in [4.69, 9.17) is 4.74 Å². The van der Waals surface area contributed by atoms with E-state index in [1.54, 1.807) is 6.07 Å². The summed E-state index contributed by atoms with van der Waals surface area (Å²) >= 11 is 0. The summed E-state index contributed by atoms with van der Waals surface area (Å²) in [5.74, 6) is -2.43. The molecular formula is C15H14N2O6. The molecule has 0 unspecified atom stereocenters. The van der Waals surface area contributed by atoms with Crippen molar-refractivity contribution in [3.05, 3.63) is 41.5 Å². The Morgan fingerprint density at radius 2 is 1.74 bits per heavy atom. The van der Waals surface area contributed by atoms with Crippen molar-refractivity contribution in [2.45, 2.75) is 0 Å². The summed E-state index contributed by atoms with van der Waals surface area (Å²) in [4.78, 5) is 11.8. The fourth-order valence-corrected chi connectivity index (χ4v) is 1.75. The minimum Gasteiger partial charge on any atom is -0.504 e. The standard InChI is InChI=1S/C15H14N2O6/c1-23-13-3-2-8(4-10(13)18)7-16-17-15(22)9-5-11(19)14(21)12(20)6-9/h2-7,18-21H,1H3,(H,17,22)/b16-7+. The lowest BCUT2D eigenvalue weighted by atomic mass is 10.2. The maximum atomic E-state index is 11.8. The number of benzene rings is 2. The van der Waals surface area contributed by atoms with E-state index in [1.165, 1.54) is 25.5 Å². The highest BCUT2D eigenvalue weighted by atomic mass is 16.5. The summed E-state index contributed by atoms with van der Waals surface area (Å²) in [6.07, 6.45) is 1.29. The summed E-state index contributed by atoms with van der Waals surface area (Å²) in [5.41, 5.74) is 2.61. The van der Waals surface area contributed by atoms with E-state index in [0.717, 1.165) is 12.1 Å². The van der Waals surface area contributed by atoms with E-state index in [0.29, 0.717) is 11.3 Å². The predicted octanol–water partition coefficient (Wildman–Crippen LogP) is 1.28. The van der Waals surface area contributed by atoms with Crippen LogP contribution in [0.3, 0.4) is 0 Å². The number of phenols is 4. The minimum absolute atomic E-state index is 0.0730. The topological polar surface area (TPSA) is 132 Å². The molecule has 0 spiro atoms. The van der Waals surface area contributed by atoms with Crippen LogP contribution in [0.25, 0.3) is 0 Å². The van der Waals surface area contributed by atoms with Gasteiger partial charge in [-0.2, -0.15) is 5.10 Å². The quantitative estimate of drug-likeness (QED) is 0.328. The lowest BCUT2D eigenvalue weighted by molar-refractivity contribution is 0.0954. The molecule has 1 amide bonds. The number of rotatable bonds is 4. The number of hydrogen-bond acceptors (Lipinski definition) is 7. The van der Waals surface area contributed by atoms with Crippen LogP contribution in [0, 0.1) is 0 Å². The molecule has 23 heavy (non-hydrogen) atoms. The van der Waals surface area contributed by atoms with Crippen molar-refractivity contribution in [2.24, 2.45) is 5.10 Å². The van der Waals surface area contributed by atoms with Gasteiger partial charge in [0.05, 0.1) is 13.3 Å². The first-order valence-electron chi connectivity index (χ1n) is 6.37. The average Bonchev–Trinajstić information content (AvgIpc) is 2.52. The van der Waals surface area contributed by atoms with Gasteiger partial charge in [0.1, 0.15) is 0 Å². The normalized spacial score (nSPS) is 10.7. The Balaban J connectivity index is 2.08. The van der Waals surface area contributed by atoms with Gasteiger partial charge in [0.15, 0.2) is 28.7 Å². The molecule has 0 bridgehead atoms. The molecular weight excluding hydrogens is 304 g/mol. The number of hydrazone groups is 1. The van der Waals surface area contributed by atoms with Gasteiger partial charge < -0.3 is 25.2 Å².